The molecule has 3 N–H and O–H groups in total. The summed E-state index contributed by atoms with van der Waals surface area (Å²) in [5.41, 5.74) is 5.31. The maximum atomic E-state index is 9.58. The normalized spacial score (nSPS) is 10.7. The lowest BCUT2D eigenvalue weighted by molar-refractivity contribution is 0.403. The van der Waals surface area contributed by atoms with Gasteiger partial charge in [-0.05, 0) is 30.7 Å². The first kappa shape index (κ1) is 12.0. The Labute approximate surface area is 105 Å². The minimum absolute atomic E-state index is 0.158. The predicted octanol–water partition coefficient (Wildman–Crippen LogP) is 2.85. The highest BCUT2D eigenvalue weighted by molar-refractivity contribution is 5.85. The molecule has 0 radical (unpaired) electrons. The largest absolute Gasteiger partial charge is 0.504 e. The first-order chi connectivity index (χ1) is 8.68. The third-order valence-electron chi connectivity index (χ3n) is 2.58. The lowest BCUT2D eigenvalue weighted by Gasteiger charge is -2.04. The number of nitrogens with zero attached hydrogens (tertiary/aromatic N) is 1. The zero-order chi connectivity index (χ0) is 13.0. The molecule has 18 heavy (non-hydrogen) atoms. The van der Waals surface area contributed by atoms with Gasteiger partial charge in [0.15, 0.2) is 11.5 Å². The molecule has 2 aromatic rings. The van der Waals surface area contributed by atoms with Crippen LogP contribution in [0.4, 0.5) is 5.69 Å². The van der Waals surface area contributed by atoms with Gasteiger partial charge >= 0.3 is 0 Å². The van der Waals surface area contributed by atoms with E-state index in [1.165, 1.54) is 12.3 Å². The van der Waals surface area contributed by atoms with Crippen molar-refractivity contribution in [2.75, 3.05) is 5.43 Å². The average Bonchev–Trinajstić information content (AvgIpc) is 2.37. The molecule has 0 fully saturated rings. The number of para-hydroxylation sites is 2. The second kappa shape index (κ2) is 5.23. The van der Waals surface area contributed by atoms with E-state index in [1.807, 2.05) is 31.2 Å². The Morgan fingerprint density at radius 3 is 2.61 bits per heavy atom. The van der Waals surface area contributed by atoms with Crippen LogP contribution in [0.5, 0.6) is 11.5 Å². The van der Waals surface area contributed by atoms with E-state index in [1.54, 1.807) is 12.1 Å². The SMILES string of the molecule is Cc1ccccc1N/N=C/c1cccc(O)c1O. The van der Waals surface area contributed by atoms with Gasteiger partial charge in [0, 0.05) is 5.56 Å². The van der Waals surface area contributed by atoms with Crippen LogP contribution in [0.15, 0.2) is 47.6 Å². The van der Waals surface area contributed by atoms with Gasteiger partial charge in [-0.15, -0.1) is 0 Å². The van der Waals surface area contributed by atoms with Crippen molar-refractivity contribution in [3.05, 3.63) is 53.6 Å². The van der Waals surface area contributed by atoms with Crippen molar-refractivity contribution >= 4 is 11.9 Å². The summed E-state index contributed by atoms with van der Waals surface area (Å²) in [7, 11) is 0. The molecule has 2 aromatic carbocycles. The molecule has 4 heteroatoms. The van der Waals surface area contributed by atoms with Crippen LogP contribution in [-0.2, 0) is 0 Å². The number of phenols is 2. The molecule has 0 aliphatic heterocycles. The van der Waals surface area contributed by atoms with Crippen LogP contribution in [0, 0.1) is 6.92 Å². The lowest BCUT2D eigenvalue weighted by Crippen LogP contribution is -1.93. The van der Waals surface area contributed by atoms with E-state index in [9.17, 15) is 10.2 Å². The number of benzene rings is 2. The van der Waals surface area contributed by atoms with Crippen LogP contribution in [0.2, 0.25) is 0 Å². The first-order valence-electron chi connectivity index (χ1n) is 5.54. The maximum absolute atomic E-state index is 9.58. The van der Waals surface area contributed by atoms with Crippen molar-refractivity contribution in [1.82, 2.24) is 0 Å². The second-order valence-corrected chi connectivity index (χ2v) is 3.90. The molecule has 0 heterocycles. The molecule has 0 aliphatic carbocycles. The van der Waals surface area contributed by atoms with Gasteiger partial charge in [0.05, 0.1) is 11.9 Å². The molecule has 0 amide bonds. The number of hydrogen-bond acceptors (Lipinski definition) is 4. The summed E-state index contributed by atoms with van der Waals surface area (Å²) in [4.78, 5) is 0. The van der Waals surface area contributed by atoms with Gasteiger partial charge in [-0.25, -0.2) is 0 Å². The summed E-state index contributed by atoms with van der Waals surface area (Å²) >= 11 is 0. The Bertz CT molecular complexity index is 580. The van der Waals surface area contributed by atoms with Crippen LogP contribution in [-0.4, -0.2) is 16.4 Å². The van der Waals surface area contributed by atoms with Crippen molar-refractivity contribution in [1.29, 1.82) is 0 Å². The summed E-state index contributed by atoms with van der Waals surface area (Å²) in [6.07, 6.45) is 1.46. The number of nitrogens with one attached hydrogen (secondary N) is 1. The molecular formula is C14H14N2O2. The molecule has 0 aliphatic rings. The van der Waals surface area contributed by atoms with Gasteiger partial charge in [0.2, 0.25) is 0 Å². The number of rotatable bonds is 3. The molecule has 0 aromatic heterocycles. The predicted molar refractivity (Wildman–Crippen MR) is 72.2 cm³/mol. The van der Waals surface area contributed by atoms with E-state index in [0.29, 0.717) is 5.56 Å². The highest BCUT2D eigenvalue weighted by Crippen LogP contribution is 2.26. The minimum atomic E-state index is -0.173. The Kier molecular flexibility index (Phi) is 3.48. The van der Waals surface area contributed by atoms with E-state index in [4.69, 9.17) is 0 Å². The monoisotopic (exact) mass is 242 g/mol. The molecule has 2 rings (SSSR count). The van der Waals surface area contributed by atoms with Crippen molar-refractivity contribution in [2.45, 2.75) is 6.92 Å². The van der Waals surface area contributed by atoms with E-state index in [-0.39, 0.29) is 11.5 Å². The van der Waals surface area contributed by atoms with Crippen LogP contribution in [0.1, 0.15) is 11.1 Å². The quantitative estimate of drug-likeness (QED) is 0.440. The number of phenolic OH excluding ortho intramolecular Hbond substituents is 2. The van der Waals surface area contributed by atoms with Crippen molar-refractivity contribution in [3.63, 3.8) is 0 Å². The van der Waals surface area contributed by atoms with Crippen LogP contribution in [0.25, 0.3) is 0 Å². The molecule has 4 nitrogen and oxygen atoms in total. The minimum Gasteiger partial charge on any atom is -0.504 e. The molecule has 92 valence electrons. The van der Waals surface area contributed by atoms with Gasteiger partial charge in [0.25, 0.3) is 0 Å². The fraction of sp³-hybridized carbons (Fsp3) is 0.0714. The molecule has 0 bridgehead atoms. The summed E-state index contributed by atoms with van der Waals surface area (Å²) in [5.74, 6) is -0.331. The van der Waals surface area contributed by atoms with Crippen molar-refractivity contribution in [3.8, 4) is 11.5 Å². The van der Waals surface area contributed by atoms with E-state index in [0.717, 1.165) is 11.3 Å². The third-order valence-corrected chi connectivity index (χ3v) is 2.58. The highest BCUT2D eigenvalue weighted by Gasteiger charge is 2.02. The van der Waals surface area contributed by atoms with E-state index >= 15 is 0 Å². The molecular weight excluding hydrogens is 228 g/mol. The maximum Gasteiger partial charge on any atom is 0.166 e. The van der Waals surface area contributed by atoms with E-state index < -0.39 is 0 Å². The van der Waals surface area contributed by atoms with Crippen LogP contribution in [0.3, 0.4) is 0 Å². The lowest BCUT2D eigenvalue weighted by atomic mass is 10.2. The van der Waals surface area contributed by atoms with E-state index in [2.05, 4.69) is 10.5 Å². The fourth-order valence-electron chi connectivity index (χ4n) is 1.52. The van der Waals surface area contributed by atoms with Crippen LogP contribution >= 0.6 is 0 Å². The number of anilines is 1. The smallest absolute Gasteiger partial charge is 0.166 e. The topological polar surface area (TPSA) is 64.9 Å². The summed E-state index contributed by atoms with van der Waals surface area (Å²) < 4.78 is 0. The number of aryl methyl sites for hydroxylation is 1. The summed E-state index contributed by atoms with van der Waals surface area (Å²) in [6, 6.07) is 12.5. The Morgan fingerprint density at radius 2 is 1.83 bits per heavy atom. The zero-order valence-corrected chi connectivity index (χ0v) is 9.96. The van der Waals surface area contributed by atoms with Gasteiger partial charge in [-0.3, -0.25) is 5.43 Å². The second-order valence-electron chi connectivity index (χ2n) is 3.90. The van der Waals surface area contributed by atoms with Gasteiger partial charge < -0.3 is 10.2 Å². The molecule has 0 saturated carbocycles. The Balaban J connectivity index is 2.13. The highest BCUT2D eigenvalue weighted by atomic mass is 16.3. The number of hydrogen-bond donors (Lipinski definition) is 3. The van der Waals surface area contributed by atoms with Gasteiger partial charge in [-0.1, -0.05) is 24.3 Å². The molecule has 0 atom stereocenters. The van der Waals surface area contributed by atoms with Gasteiger partial charge in [-0.2, -0.15) is 5.10 Å². The summed E-state index contributed by atoms with van der Waals surface area (Å²) in [5, 5.41) is 22.9. The van der Waals surface area contributed by atoms with Crippen LogP contribution < -0.4 is 5.43 Å². The molecule has 0 unspecified atom stereocenters. The Morgan fingerprint density at radius 1 is 1.06 bits per heavy atom. The molecule has 0 saturated heterocycles. The fourth-order valence-corrected chi connectivity index (χ4v) is 1.52. The van der Waals surface area contributed by atoms with Crippen molar-refractivity contribution in [2.24, 2.45) is 5.10 Å². The van der Waals surface area contributed by atoms with Crippen molar-refractivity contribution < 1.29 is 10.2 Å². The zero-order valence-electron chi connectivity index (χ0n) is 9.96. The standard InChI is InChI=1S/C14H14N2O2/c1-10-5-2-3-7-12(10)16-15-9-11-6-4-8-13(17)14(11)18/h2-9,16-18H,1H3/b15-9+. The number of aromatic hydroxyl groups is 2. The summed E-state index contributed by atoms with van der Waals surface area (Å²) in [6.45, 7) is 1.98. The number of hydrazone groups is 1. The average molecular weight is 242 g/mol. The van der Waals surface area contributed by atoms with Gasteiger partial charge in [0.1, 0.15) is 0 Å². The first-order valence-corrected chi connectivity index (χ1v) is 5.54. The third kappa shape index (κ3) is 2.60. The molecule has 0 spiro atoms. The Hall–Kier alpha value is -2.49.